The molecule has 26 heteroatoms. The van der Waals surface area contributed by atoms with Crippen molar-refractivity contribution in [2.75, 3.05) is 49.7 Å². The number of hydrogen-bond donors (Lipinski definition) is 4. The van der Waals surface area contributed by atoms with Gasteiger partial charge in [-0.3, -0.25) is 24.9 Å². The third kappa shape index (κ3) is 19.2. The van der Waals surface area contributed by atoms with Gasteiger partial charge < -0.3 is 15.3 Å². The van der Waals surface area contributed by atoms with Crippen LogP contribution in [0.1, 0.15) is 12.8 Å². The molecule has 2 fully saturated rings. The van der Waals surface area contributed by atoms with E-state index in [4.69, 9.17) is 35.0 Å². The molecule has 1 aromatic heterocycles. The second-order valence-corrected chi connectivity index (χ2v) is 10.2. The van der Waals surface area contributed by atoms with Crippen LogP contribution in [0.3, 0.4) is 0 Å². The van der Waals surface area contributed by atoms with Crippen LogP contribution >= 0.6 is 11.8 Å². The number of hydrogen-bond acceptors (Lipinski definition) is 12. The van der Waals surface area contributed by atoms with Crippen LogP contribution in [0.5, 0.6) is 0 Å². The molecule has 49 heavy (non-hydrogen) atoms. The Bertz CT molecular complexity index is 1210. The number of carbonyl (C=O) groups excluding carboxylic acids is 1. The number of thioether (sulfide) groups is 1. The minimum atomic E-state index is -5.08. The summed E-state index contributed by atoms with van der Waals surface area (Å²) in [4.78, 5) is 62.2. The van der Waals surface area contributed by atoms with Crippen molar-refractivity contribution >= 4 is 41.5 Å². The molecule has 2 aliphatic heterocycles. The predicted molar refractivity (Wildman–Crippen MR) is 147 cm³/mol. The SMILES string of the molecule is N#CC1CSCN1CCN(N=O)C1CCN(CC(=O)Nc2ncccn2)CC1.O=C(O)C(F)(F)F.O=C(O)C(F)(F)F.O=C(O)C(F)(F)F. The molecule has 0 radical (unpaired) electrons. The molecule has 276 valence electrons. The number of nitroso groups, excluding NO2 is 1. The molecule has 3 rings (SSSR count). The van der Waals surface area contributed by atoms with Crippen LogP contribution in [0.2, 0.25) is 0 Å². The maximum atomic E-state index is 12.1. The van der Waals surface area contributed by atoms with Crippen molar-refractivity contribution in [3.05, 3.63) is 23.4 Å². The van der Waals surface area contributed by atoms with Crippen molar-refractivity contribution in [1.82, 2.24) is 24.8 Å². The number of aliphatic carboxylic acids is 3. The molecule has 0 aliphatic carbocycles. The Labute approximate surface area is 273 Å². The van der Waals surface area contributed by atoms with Crippen LogP contribution in [0.4, 0.5) is 45.5 Å². The summed E-state index contributed by atoms with van der Waals surface area (Å²) < 4.78 is 95.2. The number of nitrogens with one attached hydrogen (secondary N) is 1. The average Bonchev–Trinajstić information content (AvgIpc) is 3.46. The van der Waals surface area contributed by atoms with Gasteiger partial charge in [-0.1, -0.05) is 0 Å². The van der Waals surface area contributed by atoms with Crippen LogP contribution in [-0.4, -0.2) is 139 Å². The van der Waals surface area contributed by atoms with E-state index < -0.39 is 36.4 Å². The van der Waals surface area contributed by atoms with Gasteiger partial charge in [0.25, 0.3) is 0 Å². The number of halogens is 9. The highest BCUT2D eigenvalue weighted by molar-refractivity contribution is 7.99. The molecule has 3 heterocycles. The van der Waals surface area contributed by atoms with Crippen LogP contribution < -0.4 is 5.32 Å². The number of carboxylic acids is 3. The fourth-order valence-corrected chi connectivity index (χ4v) is 4.60. The van der Waals surface area contributed by atoms with Crippen LogP contribution in [0.15, 0.2) is 23.7 Å². The van der Waals surface area contributed by atoms with Gasteiger partial charge in [0.1, 0.15) is 6.04 Å². The largest absolute Gasteiger partial charge is 0.490 e. The van der Waals surface area contributed by atoms with Crippen molar-refractivity contribution < 1.29 is 74.0 Å². The van der Waals surface area contributed by atoms with Gasteiger partial charge in [0.05, 0.1) is 30.5 Å². The Morgan fingerprint density at radius 1 is 0.939 bits per heavy atom. The molecule has 1 unspecified atom stereocenters. The predicted octanol–water partition coefficient (Wildman–Crippen LogP) is 2.66. The van der Waals surface area contributed by atoms with E-state index in [1.165, 1.54) is 0 Å². The van der Waals surface area contributed by atoms with Gasteiger partial charge in [0.15, 0.2) is 0 Å². The highest BCUT2D eigenvalue weighted by Gasteiger charge is 2.39. The van der Waals surface area contributed by atoms with Gasteiger partial charge in [-0.05, 0) is 18.9 Å². The lowest BCUT2D eigenvalue weighted by molar-refractivity contribution is -0.193. The zero-order valence-electron chi connectivity index (χ0n) is 24.6. The summed E-state index contributed by atoms with van der Waals surface area (Å²) in [5.41, 5.74) is 0. The average molecular weight is 747 g/mol. The molecule has 2 saturated heterocycles. The van der Waals surface area contributed by atoms with Gasteiger partial charge in [-0.2, -0.15) is 44.8 Å². The topological polar surface area (TPSA) is 230 Å². The summed E-state index contributed by atoms with van der Waals surface area (Å²) in [6.07, 6.45) is -10.5. The fourth-order valence-electron chi connectivity index (χ4n) is 3.44. The van der Waals surface area contributed by atoms with Crippen LogP contribution in [0, 0.1) is 16.2 Å². The Morgan fingerprint density at radius 2 is 1.39 bits per heavy atom. The number of carboxylic acid groups (broad SMARTS) is 3. The number of anilines is 1. The minimum Gasteiger partial charge on any atom is -0.475 e. The second kappa shape index (κ2) is 20.8. The Kier molecular flexibility index (Phi) is 18.9. The highest BCUT2D eigenvalue weighted by atomic mass is 32.2. The Morgan fingerprint density at radius 3 is 1.78 bits per heavy atom. The van der Waals surface area contributed by atoms with Gasteiger partial charge in [-0.25, -0.2) is 24.4 Å². The van der Waals surface area contributed by atoms with E-state index in [9.17, 15) is 49.2 Å². The molecule has 4 N–H and O–H groups in total. The lowest BCUT2D eigenvalue weighted by Gasteiger charge is -2.35. The van der Waals surface area contributed by atoms with Crippen molar-refractivity contribution in [1.29, 1.82) is 5.26 Å². The molecule has 0 saturated carbocycles. The van der Waals surface area contributed by atoms with Gasteiger partial charge in [-0.15, -0.1) is 16.7 Å². The standard InChI is InChI=1S/C17H24N8O2S.3C2HF3O2/c18-10-15-12-28-13-24(15)8-9-25(22-27)14-2-6-23(7-3-14)11-16(26)21-17-19-4-1-5-20-17;3*3-2(4,5)1(6)7/h1,4-5,14-15H,2-3,6-9,11-13H2,(H,19,20,21,26);3*(H,6,7). The maximum absolute atomic E-state index is 12.1. The van der Waals surface area contributed by atoms with Crippen LogP contribution in [0.25, 0.3) is 0 Å². The summed E-state index contributed by atoms with van der Waals surface area (Å²) in [5, 5.41) is 38.0. The Hall–Kier alpha value is -4.51. The lowest BCUT2D eigenvalue weighted by Crippen LogP contribution is -2.47. The zero-order valence-corrected chi connectivity index (χ0v) is 25.4. The van der Waals surface area contributed by atoms with Crippen molar-refractivity contribution in [3.63, 3.8) is 0 Å². The van der Waals surface area contributed by atoms with Gasteiger partial charge in [0.2, 0.25) is 11.9 Å². The molecule has 1 atom stereocenters. The van der Waals surface area contributed by atoms with Gasteiger partial charge >= 0.3 is 36.4 Å². The number of carbonyl (C=O) groups is 4. The molecule has 1 amide bonds. The molecular weight excluding hydrogens is 719 g/mol. The molecule has 0 spiro atoms. The first-order valence-electron chi connectivity index (χ1n) is 13.0. The number of nitriles is 1. The number of aromatic nitrogens is 2. The maximum Gasteiger partial charge on any atom is 0.490 e. The van der Waals surface area contributed by atoms with Crippen molar-refractivity contribution in [2.24, 2.45) is 5.29 Å². The number of amides is 1. The van der Waals surface area contributed by atoms with E-state index in [0.29, 0.717) is 19.0 Å². The van der Waals surface area contributed by atoms with Crippen LogP contribution in [-0.2, 0) is 19.2 Å². The summed E-state index contributed by atoms with van der Waals surface area (Å²) >= 11 is 1.74. The summed E-state index contributed by atoms with van der Waals surface area (Å²) in [5.74, 6) is -6.48. The Balaban J connectivity index is 0.000000891. The number of likely N-dealkylation sites (tertiary alicyclic amines) is 1. The first-order chi connectivity index (χ1) is 22.5. The minimum absolute atomic E-state index is 0.0741. The van der Waals surface area contributed by atoms with Crippen molar-refractivity contribution in [2.45, 2.75) is 43.5 Å². The lowest BCUT2D eigenvalue weighted by atomic mass is 10.0. The number of rotatable bonds is 8. The normalized spacial score (nSPS) is 16.9. The number of nitrogens with zero attached hydrogens (tertiary/aromatic N) is 7. The summed E-state index contributed by atoms with van der Waals surface area (Å²) in [6.45, 7) is 2.91. The summed E-state index contributed by atoms with van der Waals surface area (Å²) in [6, 6.07) is 3.99. The molecule has 16 nitrogen and oxygen atoms in total. The molecule has 1 aromatic rings. The van der Waals surface area contributed by atoms with Gasteiger partial charge in [0, 0.05) is 43.7 Å². The second-order valence-electron chi connectivity index (χ2n) is 9.24. The molecule has 2 aliphatic rings. The highest BCUT2D eigenvalue weighted by Crippen LogP contribution is 2.22. The molecule has 0 aromatic carbocycles. The van der Waals surface area contributed by atoms with E-state index in [2.05, 4.69) is 36.4 Å². The van der Waals surface area contributed by atoms with E-state index in [1.807, 2.05) is 0 Å². The molecular formula is C23H27F9N8O8S. The molecule has 0 bridgehead atoms. The fraction of sp³-hybridized carbons (Fsp3) is 0.609. The van der Waals surface area contributed by atoms with E-state index >= 15 is 0 Å². The first-order valence-corrected chi connectivity index (χ1v) is 14.2. The quantitative estimate of drug-likeness (QED) is 0.170. The van der Waals surface area contributed by atoms with E-state index in [1.54, 1.807) is 35.2 Å². The third-order valence-corrected chi connectivity index (χ3v) is 6.80. The van der Waals surface area contributed by atoms with E-state index in [-0.39, 0.29) is 24.5 Å². The number of alkyl halides is 9. The number of piperidine rings is 1. The first kappa shape index (κ1) is 44.5. The summed E-state index contributed by atoms with van der Waals surface area (Å²) in [7, 11) is 0. The van der Waals surface area contributed by atoms with E-state index in [0.717, 1.165) is 37.6 Å². The zero-order chi connectivity index (χ0) is 38.0. The smallest absolute Gasteiger partial charge is 0.475 e. The monoisotopic (exact) mass is 746 g/mol. The van der Waals surface area contributed by atoms with Crippen molar-refractivity contribution in [3.8, 4) is 6.07 Å². The third-order valence-electron chi connectivity index (χ3n) is 5.73.